The zero-order chi connectivity index (χ0) is 15.0. The van der Waals surface area contributed by atoms with Crippen LogP contribution in [0.15, 0.2) is 30.3 Å². The summed E-state index contributed by atoms with van der Waals surface area (Å²) in [5.74, 6) is -3.36. The van der Waals surface area contributed by atoms with Crippen LogP contribution in [-0.4, -0.2) is 22.0 Å². The number of carbonyl (C=O) groups is 2. The van der Waals surface area contributed by atoms with E-state index in [-0.39, 0.29) is 0 Å². The zero-order valence-corrected chi connectivity index (χ0v) is 11.4. The molecule has 0 aliphatic heterocycles. The Hall–Kier alpha value is -2.56. The van der Waals surface area contributed by atoms with Crippen molar-refractivity contribution in [1.82, 2.24) is 4.98 Å². The number of benzene rings is 1. The van der Waals surface area contributed by atoms with E-state index < -0.39 is 17.8 Å². The Morgan fingerprint density at radius 2 is 1.81 bits per heavy atom. The second-order valence-corrected chi connectivity index (χ2v) is 5.26. The van der Waals surface area contributed by atoms with Crippen LogP contribution in [0.2, 0.25) is 0 Å². The number of amides is 1. The number of fused-ring (bicyclic) bond motifs is 1. The smallest absolute Gasteiger partial charge is 0.322 e. The first-order chi connectivity index (χ1) is 10.1. The summed E-state index contributed by atoms with van der Waals surface area (Å²) < 4.78 is 0. The van der Waals surface area contributed by atoms with Gasteiger partial charge in [-0.05, 0) is 36.0 Å². The van der Waals surface area contributed by atoms with Gasteiger partial charge in [-0.25, -0.2) is 0 Å². The molecule has 108 valence electrons. The fraction of sp³-hybridized carbons (Fsp3) is 0.250. The van der Waals surface area contributed by atoms with Crippen LogP contribution in [0.5, 0.6) is 0 Å². The lowest BCUT2D eigenvalue weighted by Crippen LogP contribution is -2.29. The van der Waals surface area contributed by atoms with Crippen molar-refractivity contribution in [2.45, 2.75) is 25.2 Å². The molecule has 0 saturated heterocycles. The molecular weight excluding hydrogens is 268 g/mol. The van der Waals surface area contributed by atoms with Gasteiger partial charge < -0.3 is 15.8 Å². The van der Waals surface area contributed by atoms with Gasteiger partial charge in [-0.1, -0.05) is 30.3 Å². The van der Waals surface area contributed by atoms with Gasteiger partial charge >= 0.3 is 5.97 Å². The van der Waals surface area contributed by atoms with E-state index in [2.05, 4.69) is 4.98 Å². The van der Waals surface area contributed by atoms with Crippen molar-refractivity contribution >= 4 is 11.9 Å². The molecule has 1 aromatic carbocycles. The Kier molecular flexibility index (Phi) is 3.25. The largest absolute Gasteiger partial charge is 0.480 e. The molecule has 1 atom stereocenters. The summed E-state index contributed by atoms with van der Waals surface area (Å²) in [7, 11) is 0. The number of carbonyl (C=O) groups excluding carboxylic acids is 1. The summed E-state index contributed by atoms with van der Waals surface area (Å²) in [4.78, 5) is 26.0. The maximum Gasteiger partial charge on any atom is 0.322 e. The van der Waals surface area contributed by atoms with Crippen molar-refractivity contribution in [1.29, 1.82) is 0 Å². The van der Waals surface area contributed by atoms with Crippen LogP contribution in [0, 0.1) is 0 Å². The van der Waals surface area contributed by atoms with E-state index in [0.29, 0.717) is 5.69 Å². The minimum atomic E-state index is -1.31. The highest BCUT2D eigenvalue weighted by atomic mass is 16.4. The molecule has 2 aromatic rings. The number of hydrogen-bond donors (Lipinski definition) is 3. The summed E-state index contributed by atoms with van der Waals surface area (Å²) >= 11 is 0. The van der Waals surface area contributed by atoms with Crippen molar-refractivity contribution in [3.63, 3.8) is 0 Å². The van der Waals surface area contributed by atoms with Crippen LogP contribution in [0.3, 0.4) is 0 Å². The van der Waals surface area contributed by atoms with Crippen molar-refractivity contribution < 1.29 is 14.7 Å². The van der Waals surface area contributed by atoms with Crippen molar-refractivity contribution in [3.8, 4) is 11.3 Å². The first-order valence-electron chi connectivity index (χ1n) is 6.90. The first kappa shape index (κ1) is 13.4. The van der Waals surface area contributed by atoms with Crippen LogP contribution in [0.25, 0.3) is 11.3 Å². The van der Waals surface area contributed by atoms with E-state index in [4.69, 9.17) is 5.73 Å². The standard InChI is InChI=1S/C16H16N2O3/c17-15(19)12(16(20)21)14-11-8-4-7-10(11)13(18-14)9-5-2-1-3-6-9/h1-3,5-6,12,18H,4,7-8H2,(H2,17,19)(H,20,21). The Labute approximate surface area is 121 Å². The number of carboxylic acids is 1. The van der Waals surface area contributed by atoms with E-state index in [1.165, 1.54) is 0 Å². The first-order valence-corrected chi connectivity index (χ1v) is 6.90. The molecule has 5 nitrogen and oxygen atoms in total. The Balaban J connectivity index is 2.16. The molecule has 1 heterocycles. The lowest BCUT2D eigenvalue weighted by molar-refractivity contribution is -0.142. The summed E-state index contributed by atoms with van der Waals surface area (Å²) in [6, 6.07) is 9.72. The van der Waals surface area contributed by atoms with Gasteiger partial charge in [-0.2, -0.15) is 0 Å². The van der Waals surface area contributed by atoms with E-state index >= 15 is 0 Å². The maximum atomic E-state index is 11.5. The third-order valence-corrected chi connectivity index (χ3v) is 3.99. The van der Waals surface area contributed by atoms with Crippen LogP contribution < -0.4 is 5.73 Å². The number of aliphatic carboxylic acids is 1. The van der Waals surface area contributed by atoms with E-state index in [1.54, 1.807) is 0 Å². The molecule has 1 aliphatic rings. The molecule has 1 unspecified atom stereocenters. The molecule has 5 heteroatoms. The van der Waals surface area contributed by atoms with Crippen molar-refractivity contribution in [2.24, 2.45) is 5.73 Å². The minimum absolute atomic E-state index is 0.446. The molecule has 1 aliphatic carbocycles. The maximum absolute atomic E-state index is 11.5. The predicted molar refractivity (Wildman–Crippen MR) is 77.8 cm³/mol. The van der Waals surface area contributed by atoms with Gasteiger partial charge in [0.05, 0.1) is 0 Å². The number of rotatable bonds is 4. The predicted octanol–water partition coefficient (Wildman–Crippen LogP) is 1.82. The quantitative estimate of drug-likeness (QED) is 0.747. The highest BCUT2D eigenvalue weighted by Crippen LogP contribution is 2.37. The van der Waals surface area contributed by atoms with E-state index in [0.717, 1.165) is 41.6 Å². The number of nitrogens with one attached hydrogen (secondary N) is 1. The topological polar surface area (TPSA) is 96.2 Å². The second-order valence-electron chi connectivity index (χ2n) is 5.26. The zero-order valence-electron chi connectivity index (χ0n) is 11.4. The third kappa shape index (κ3) is 2.20. The number of aromatic nitrogens is 1. The van der Waals surface area contributed by atoms with E-state index in [9.17, 15) is 14.7 Å². The average molecular weight is 284 g/mol. The summed E-state index contributed by atoms with van der Waals surface area (Å²) in [6.07, 6.45) is 2.64. The molecule has 0 spiro atoms. The highest BCUT2D eigenvalue weighted by Gasteiger charge is 2.34. The van der Waals surface area contributed by atoms with Crippen LogP contribution >= 0.6 is 0 Å². The van der Waals surface area contributed by atoms with E-state index in [1.807, 2.05) is 30.3 Å². The number of primary amides is 1. The third-order valence-electron chi connectivity index (χ3n) is 3.99. The molecule has 21 heavy (non-hydrogen) atoms. The Bertz CT molecular complexity index is 690. The Morgan fingerprint density at radius 3 is 2.43 bits per heavy atom. The molecular formula is C16H16N2O3. The molecule has 1 aromatic heterocycles. The fourth-order valence-corrected chi connectivity index (χ4v) is 3.09. The van der Waals surface area contributed by atoms with Crippen LogP contribution in [-0.2, 0) is 22.4 Å². The lowest BCUT2D eigenvalue weighted by Gasteiger charge is -2.08. The molecule has 0 radical (unpaired) electrons. The molecule has 0 bridgehead atoms. The molecule has 4 N–H and O–H groups in total. The lowest BCUT2D eigenvalue weighted by atomic mass is 9.99. The monoisotopic (exact) mass is 284 g/mol. The van der Waals surface area contributed by atoms with Crippen LogP contribution in [0.4, 0.5) is 0 Å². The number of aromatic amines is 1. The Morgan fingerprint density at radius 1 is 1.14 bits per heavy atom. The van der Waals surface area contributed by atoms with Gasteiger partial charge in [0.15, 0.2) is 5.92 Å². The highest BCUT2D eigenvalue weighted by molar-refractivity contribution is 6.02. The molecule has 3 rings (SSSR count). The van der Waals surface area contributed by atoms with Gasteiger partial charge in [0.1, 0.15) is 0 Å². The molecule has 1 amide bonds. The van der Waals surface area contributed by atoms with Gasteiger partial charge in [0, 0.05) is 11.4 Å². The van der Waals surface area contributed by atoms with Gasteiger partial charge in [0.2, 0.25) is 5.91 Å². The number of hydrogen-bond acceptors (Lipinski definition) is 2. The molecule has 0 saturated carbocycles. The normalized spacial score (nSPS) is 14.7. The second kappa shape index (κ2) is 5.09. The SMILES string of the molecule is NC(=O)C(C(=O)O)c1[nH]c(-c2ccccc2)c2c1CCC2. The van der Waals surface area contributed by atoms with Gasteiger partial charge in [0.25, 0.3) is 0 Å². The fourth-order valence-electron chi connectivity index (χ4n) is 3.09. The number of carboxylic acid groups (broad SMARTS) is 1. The van der Waals surface area contributed by atoms with Gasteiger partial charge in [-0.3, -0.25) is 9.59 Å². The number of nitrogens with two attached hydrogens (primary N) is 1. The summed E-state index contributed by atoms with van der Waals surface area (Å²) in [5, 5.41) is 9.29. The summed E-state index contributed by atoms with van der Waals surface area (Å²) in [5.41, 5.74) is 9.68. The average Bonchev–Trinajstić information content (AvgIpc) is 3.03. The van der Waals surface area contributed by atoms with Crippen LogP contribution in [0.1, 0.15) is 29.2 Å². The van der Waals surface area contributed by atoms with Crippen molar-refractivity contribution in [3.05, 3.63) is 47.2 Å². The molecule has 0 fully saturated rings. The summed E-state index contributed by atoms with van der Waals surface area (Å²) in [6.45, 7) is 0. The van der Waals surface area contributed by atoms with Gasteiger partial charge in [-0.15, -0.1) is 0 Å². The number of H-pyrrole nitrogens is 1. The minimum Gasteiger partial charge on any atom is -0.480 e. The van der Waals surface area contributed by atoms with Crippen molar-refractivity contribution in [2.75, 3.05) is 0 Å².